The Morgan fingerprint density at radius 2 is 1.64 bits per heavy atom. The highest BCUT2D eigenvalue weighted by atomic mass is 16.3. The van der Waals surface area contributed by atoms with E-state index in [9.17, 15) is 9.59 Å². The van der Waals surface area contributed by atoms with Crippen molar-refractivity contribution in [1.82, 2.24) is 10.9 Å². The van der Waals surface area contributed by atoms with Crippen LogP contribution < -0.4 is 10.9 Å². The van der Waals surface area contributed by atoms with Crippen molar-refractivity contribution in [1.29, 1.82) is 0 Å². The van der Waals surface area contributed by atoms with Crippen LogP contribution in [0.1, 0.15) is 26.5 Å². The first-order valence-electron chi connectivity index (χ1n) is 6.79. The lowest BCUT2D eigenvalue weighted by molar-refractivity contribution is 0.0846. The molecule has 0 atom stereocenters. The molecular weight excluding hydrogens is 280 g/mol. The third-order valence-corrected chi connectivity index (χ3v) is 3.40. The Kier molecular flexibility index (Phi) is 3.62. The molecular formula is C17H14N2O3. The van der Waals surface area contributed by atoms with E-state index in [4.69, 9.17) is 4.42 Å². The van der Waals surface area contributed by atoms with Crippen LogP contribution in [0, 0.1) is 6.92 Å². The third-order valence-electron chi connectivity index (χ3n) is 3.40. The second kappa shape index (κ2) is 5.73. The summed E-state index contributed by atoms with van der Waals surface area (Å²) in [6.07, 6.45) is 1.43. The van der Waals surface area contributed by atoms with Gasteiger partial charge >= 0.3 is 0 Å². The van der Waals surface area contributed by atoms with Crippen molar-refractivity contribution in [3.63, 3.8) is 0 Å². The van der Waals surface area contributed by atoms with Crippen LogP contribution in [0.15, 0.2) is 59.2 Å². The molecule has 0 spiro atoms. The van der Waals surface area contributed by atoms with Crippen LogP contribution in [0.3, 0.4) is 0 Å². The lowest BCUT2D eigenvalue weighted by Gasteiger charge is -2.07. The van der Waals surface area contributed by atoms with Crippen LogP contribution in [0.2, 0.25) is 0 Å². The van der Waals surface area contributed by atoms with Gasteiger partial charge in [0, 0.05) is 5.56 Å². The summed E-state index contributed by atoms with van der Waals surface area (Å²) >= 11 is 0. The number of hydrogen-bond acceptors (Lipinski definition) is 3. The minimum Gasteiger partial charge on any atom is -0.469 e. The second-order valence-electron chi connectivity index (χ2n) is 4.86. The number of benzene rings is 2. The molecule has 1 heterocycles. The second-order valence-corrected chi connectivity index (χ2v) is 4.86. The van der Waals surface area contributed by atoms with Crippen LogP contribution in [0.4, 0.5) is 0 Å². The molecule has 2 aromatic carbocycles. The van der Waals surface area contributed by atoms with Crippen molar-refractivity contribution in [2.75, 3.05) is 0 Å². The molecule has 0 aliphatic rings. The lowest BCUT2D eigenvalue weighted by atomic mass is 10.1. The zero-order valence-electron chi connectivity index (χ0n) is 11.9. The van der Waals surface area contributed by atoms with Crippen molar-refractivity contribution in [3.8, 4) is 0 Å². The smallest absolute Gasteiger partial charge is 0.273 e. The fourth-order valence-corrected chi connectivity index (χ4v) is 2.20. The minimum atomic E-state index is -0.416. The Morgan fingerprint density at radius 1 is 0.909 bits per heavy atom. The predicted molar refractivity (Wildman–Crippen MR) is 82.3 cm³/mol. The largest absolute Gasteiger partial charge is 0.469 e. The van der Waals surface area contributed by atoms with E-state index in [1.807, 2.05) is 30.3 Å². The SMILES string of the molecule is Cc1occc1C(=O)NNC(=O)c1ccc2ccccc2c1. The summed E-state index contributed by atoms with van der Waals surface area (Å²) in [6, 6.07) is 14.7. The number of aryl methyl sites for hydroxylation is 1. The van der Waals surface area contributed by atoms with Crippen LogP contribution in [0.25, 0.3) is 10.8 Å². The average molecular weight is 294 g/mol. The molecule has 1 aromatic heterocycles. The quantitative estimate of drug-likeness (QED) is 0.714. The molecule has 3 rings (SSSR count). The first-order valence-corrected chi connectivity index (χ1v) is 6.79. The summed E-state index contributed by atoms with van der Waals surface area (Å²) in [7, 11) is 0. The highest BCUT2D eigenvalue weighted by Crippen LogP contribution is 2.15. The molecule has 2 N–H and O–H groups in total. The summed E-state index contributed by atoms with van der Waals surface area (Å²) < 4.78 is 5.05. The number of hydrogen-bond donors (Lipinski definition) is 2. The van der Waals surface area contributed by atoms with E-state index in [-0.39, 0.29) is 5.91 Å². The molecule has 0 saturated carbocycles. The van der Waals surface area contributed by atoms with Gasteiger partial charge < -0.3 is 4.42 Å². The predicted octanol–water partition coefficient (Wildman–Crippen LogP) is 2.82. The molecule has 0 aliphatic heterocycles. The highest BCUT2D eigenvalue weighted by molar-refractivity contribution is 6.01. The molecule has 0 saturated heterocycles. The van der Waals surface area contributed by atoms with E-state index >= 15 is 0 Å². The van der Waals surface area contributed by atoms with Gasteiger partial charge in [0.25, 0.3) is 11.8 Å². The number of furan rings is 1. The normalized spacial score (nSPS) is 10.4. The van der Waals surface area contributed by atoms with Crippen LogP contribution in [-0.2, 0) is 0 Å². The van der Waals surface area contributed by atoms with Gasteiger partial charge in [-0.05, 0) is 35.9 Å². The molecule has 0 aliphatic carbocycles. The molecule has 0 fully saturated rings. The lowest BCUT2D eigenvalue weighted by Crippen LogP contribution is -2.41. The Balaban J connectivity index is 1.71. The minimum absolute atomic E-state index is 0.375. The van der Waals surface area contributed by atoms with E-state index in [0.717, 1.165) is 10.8 Å². The topological polar surface area (TPSA) is 71.3 Å². The van der Waals surface area contributed by atoms with Crippen molar-refractivity contribution < 1.29 is 14.0 Å². The number of rotatable bonds is 2. The maximum Gasteiger partial charge on any atom is 0.273 e. The molecule has 0 unspecified atom stereocenters. The van der Waals surface area contributed by atoms with Crippen molar-refractivity contribution in [2.45, 2.75) is 6.92 Å². The molecule has 110 valence electrons. The van der Waals surface area contributed by atoms with E-state index < -0.39 is 5.91 Å². The van der Waals surface area contributed by atoms with Gasteiger partial charge in [0.15, 0.2) is 0 Å². The highest BCUT2D eigenvalue weighted by Gasteiger charge is 2.13. The molecule has 22 heavy (non-hydrogen) atoms. The summed E-state index contributed by atoms with van der Waals surface area (Å²) in [4.78, 5) is 24.0. The standard InChI is InChI=1S/C17H14N2O3/c1-11-15(8-9-22-11)17(21)19-18-16(20)14-7-6-12-4-2-3-5-13(12)10-14/h2-10H,1H3,(H,18,20)(H,19,21). The first-order chi connectivity index (χ1) is 10.6. The van der Waals surface area contributed by atoms with Gasteiger partial charge in [0.05, 0.1) is 11.8 Å². The number of amides is 2. The number of nitrogens with one attached hydrogen (secondary N) is 2. The van der Waals surface area contributed by atoms with Gasteiger partial charge in [0.1, 0.15) is 5.76 Å². The number of carbonyl (C=O) groups is 2. The van der Waals surface area contributed by atoms with Gasteiger partial charge in [-0.1, -0.05) is 30.3 Å². The van der Waals surface area contributed by atoms with Crippen LogP contribution in [-0.4, -0.2) is 11.8 Å². The maximum absolute atomic E-state index is 12.1. The average Bonchev–Trinajstić information content (AvgIpc) is 2.98. The fourth-order valence-electron chi connectivity index (χ4n) is 2.20. The Morgan fingerprint density at radius 3 is 2.36 bits per heavy atom. The van der Waals surface area contributed by atoms with E-state index in [2.05, 4.69) is 10.9 Å². The van der Waals surface area contributed by atoms with Gasteiger partial charge in [-0.3, -0.25) is 20.4 Å². The molecule has 3 aromatic rings. The number of hydrazine groups is 1. The monoisotopic (exact) mass is 294 g/mol. The Hall–Kier alpha value is -3.08. The fraction of sp³-hybridized carbons (Fsp3) is 0.0588. The molecule has 2 amide bonds. The Labute approximate surface area is 126 Å². The van der Waals surface area contributed by atoms with Gasteiger partial charge in [0.2, 0.25) is 0 Å². The van der Waals surface area contributed by atoms with Crippen molar-refractivity contribution in [3.05, 3.63) is 71.7 Å². The van der Waals surface area contributed by atoms with Crippen molar-refractivity contribution >= 4 is 22.6 Å². The van der Waals surface area contributed by atoms with Crippen molar-refractivity contribution in [2.24, 2.45) is 0 Å². The summed E-state index contributed by atoms with van der Waals surface area (Å²) in [5.41, 5.74) is 5.64. The third kappa shape index (κ3) is 2.69. The Bertz CT molecular complexity index is 852. The summed E-state index contributed by atoms with van der Waals surface area (Å²) in [6.45, 7) is 1.68. The van der Waals surface area contributed by atoms with Crippen LogP contribution in [0.5, 0.6) is 0 Å². The van der Waals surface area contributed by atoms with Crippen LogP contribution >= 0.6 is 0 Å². The number of fused-ring (bicyclic) bond motifs is 1. The zero-order chi connectivity index (χ0) is 15.5. The van der Waals surface area contributed by atoms with Gasteiger partial charge in [-0.25, -0.2) is 0 Å². The van der Waals surface area contributed by atoms with E-state index in [1.54, 1.807) is 25.1 Å². The van der Waals surface area contributed by atoms with E-state index in [0.29, 0.717) is 16.9 Å². The molecule has 5 nitrogen and oxygen atoms in total. The van der Waals surface area contributed by atoms with Gasteiger partial charge in [-0.15, -0.1) is 0 Å². The van der Waals surface area contributed by atoms with Gasteiger partial charge in [-0.2, -0.15) is 0 Å². The first kappa shape index (κ1) is 13.9. The zero-order valence-corrected chi connectivity index (χ0v) is 11.9. The number of carbonyl (C=O) groups excluding carboxylic acids is 2. The van der Waals surface area contributed by atoms with E-state index in [1.165, 1.54) is 6.26 Å². The summed E-state index contributed by atoms with van der Waals surface area (Å²) in [5, 5.41) is 2.02. The molecule has 5 heteroatoms. The maximum atomic E-state index is 12.1. The molecule has 0 bridgehead atoms. The summed E-state index contributed by atoms with van der Waals surface area (Å²) in [5.74, 6) is -0.293. The molecule has 0 radical (unpaired) electrons.